The van der Waals surface area contributed by atoms with Crippen LogP contribution in [0.5, 0.6) is 0 Å². The molecule has 0 aromatic heterocycles. The third-order valence-corrected chi connectivity index (χ3v) is 4.74. The second-order valence-corrected chi connectivity index (χ2v) is 5.79. The zero-order valence-electron chi connectivity index (χ0n) is 9.74. The van der Waals surface area contributed by atoms with Crippen molar-refractivity contribution in [2.45, 2.75) is 63.6 Å². The van der Waals surface area contributed by atoms with Crippen molar-refractivity contribution in [2.75, 3.05) is 6.61 Å². The van der Waals surface area contributed by atoms with Crippen molar-refractivity contribution in [2.24, 2.45) is 11.8 Å². The van der Waals surface area contributed by atoms with Gasteiger partial charge in [0, 0.05) is 18.7 Å². The Morgan fingerprint density at radius 3 is 2.73 bits per heavy atom. The first-order valence-corrected chi connectivity index (χ1v) is 6.70. The minimum Gasteiger partial charge on any atom is -0.377 e. The first kappa shape index (κ1) is 10.1. The maximum Gasteiger partial charge on any atom is 0.0726 e. The molecule has 0 aromatic carbocycles. The fourth-order valence-electron chi connectivity index (χ4n) is 3.89. The van der Waals surface area contributed by atoms with E-state index >= 15 is 0 Å². The summed E-state index contributed by atoms with van der Waals surface area (Å²) in [6.45, 7) is 3.29. The van der Waals surface area contributed by atoms with Crippen LogP contribution in [0, 0.1) is 11.8 Å². The van der Waals surface area contributed by atoms with E-state index in [0.717, 1.165) is 24.5 Å². The Morgan fingerprint density at radius 1 is 1.20 bits per heavy atom. The van der Waals surface area contributed by atoms with E-state index < -0.39 is 0 Å². The first-order valence-electron chi connectivity index (χ1n) is 6.70. The molecular formula is C13H23NO. The van der Waals surface area contributed by atoms with Gasteiger partial charge in [0.15, 0.2) is 0 Å². The molecule has 2 saturated carbocycles. The van der Waals surface area contributed by atoms with Crippen molar-refractivity contribution >= 4 is 0 Å². The molecule has 0 spiro atoms. The maximum atomic E-state index is 5.74. The predicted octanol–water partition coefficient (Wildman–Crippen LogP) is 2.33. The number of rotatable bonds is 3. The lowest BCUT2D eigenvalue weighted by Crippen LogP contribution is -2.45. The van der Waals surface area contributed by atoms with Crippen molar-refractivity contribution in [1.29, 1.82) is 0 Å². The van der Waals surface area contributed by atoms with Gasteiger partial charge in [-0.1, -0.05) is 6.42 Å². The summed E-state index contributed by atoms with van der Waals surface area (Å²) >= 11 is 0. The minimum atomic E-state index is 0.490. The molecule has 2 heteroatoms. The summed E-state index contributed by atoms with van der Waals surface area (Å²) in [6, 6.07) is 1.37. The zero-order valence-corrected chi connectivity index (χ0v) is 9.74. The summed E-state index contributed by atoms with van der Waals surface area (Å²) in [7, 11) is 0. The normalized spacial score (nSPS) is 46.2. The molecule has 3 aliphatic rings. The van der Waals surface area contributed by atoms with Crippen molar-refractivity contribution in [3.8, 4) is 0 Å². The molecule has 1 aliphatic heterocycles. The molecule has 5 unspecified atom stereocenters. The molecule has 2 bridgehead atoms. The Hall–Kier alpha value is -0.0800. The summed E-state index contributed by atoms with van der Waals surface area (Å²) in [6.07, 6.45) is 8.90. The SMILES string of the molecule is CC(NC1CC2CCC1C2)C1CCCO1. The highest BCUT2D eigenvalue weighted by Crippen LogP contribution is 2.44. The maximum absolute atomic E-state index is 5.74. The van der Waals surface area contributed by atoms with Gasteiger partial charge in [0.05, 0.1) is 6.10 Å². The van der Waals surface area contributed by atoms with Gasteiger partial charge in [0.2, 0.25) is 0 Å². The average Bonchev–Trinajstić information content (AvgIpc) is 2.95. The second kappa shape index (κ2) is 4.06. The van der Waals surface area contributed by atoms with E-state index in [9.17, 15) is 0 Å². The predicted molar refractivity (Wildman–Crippen MR) is 60.8 cm³/mol. The zero-order chi connectivity index (χ0) is 10.3. The highest BCUT2D eigenvalue weighted by molar-refractivity contribution is 4.95. The lowest BCUT2D eigenvalue weighted by atomic mass is 9.94. The summed E-state index contributed by atoms with van der Waals surface area (Å²) in [4.78, 5) is 0. The molecule has 15 heavy (non-hydrogen) atoms. The van der Waals surface area contributed by atoms with Gasteiger partial charge in [0.25, 0.3) is 0 Å². The lowest BCUT2D eigenvalue weighted by Gasteiger charge is -2.29. The highest BCUT2D eigenvalue weighted by Gasteiger charge is 2.40. The Kier molecular flexibility index (Phi) is 2.73. The fraction of sp³-hybridized carbons (Fsp3) is 1.00. The number of ether oxygens (including phenoxy) is 1. The summed E-state index contributed by atoms with van der Waals surface area (Å²) in [5, 5.41) is 3.83. The monoisotopic (exact) mass is 209 g/mol. The number of hydrogen-bond donors (Lipinski definition) is 1. The van der Waals surface area contributed by atoms with E-state index in [1.54, 1.807) is 0 Å². The van der Waals surface area contributed by atoms with Crippen LogP contribution in [0.1, 0.15) is 45.4 Å². The van der Waals surface area contributed by atoms with E-state index in [1.807, 2.05) is 0 Å². The first-order chi connectivity index (χ1) is 7.33. The number of fused-ring (bicyclic) bond motifs is 2. The van der Waals surface area contributed by atoms with Crippen molar-refractivity contribution in [3.05, 3.63) is 0 Å². The van der Waals surface area contributed by atoms with E-state index in [2.05, 4.69) is 12.2 Å². The van der Waals surface area contributed by atoms with Gasteiger partial charge >= 0.3 is 0 Å². The van der Waals surface area contributed by atoms with Crippen molar-refractivity contribution in [1.82, 2.24) is 5.32 Å². The molecular weight excluding hydrogens is 186 g/mol. The van der Waals surface area contributed by atoms with Crippen LogP contribution in [0.4, 0.5) is 0 Å². The van der Waals surface area contributed by atoms with Gasteiger partial charge in [-0.25, -0.2) is 0 Å². The molecule has 3 fully saturated rings. The van der Waals surface area contributed by atoms with Gasteiger partial charge in [-0.05, 0) is 50.9 Å². The van der Waals surface area contributed by atoms with E-state index in [1.165, 1.54) is 38.5 Å². The third-order valence-electron chi connectivity index (χ3n) is 4.74. The van der Waals surface area contributed by atoms with Crippen LogP contribution in [0.25, 0.3) is 0 Å². The second-order valence-electron chi connectivity index (χ2n) is 5.79. The smallest absolute Gasteiger partial charge is 0.0726 e. The van der Waals surface area contributed by atoms with E-state index in [-0.39, 0.29) is 0 Å². The lowest BCUT2D eigenvalue weighted by molar-refractivity contribution is 0.0764. The summed E-state index contributed by atoms with van der Waals surface area (Å²) in [5.41, 5.74) is 0. The molecule has 86 valence electrons. The molecule has 2 aliphatic carbocycles. The Labute approximate surface area is 92.8 Å². The largest absolute Gasteiger partial charge is 0.377 e. The average molecular weight is 209 g/mol. The molecule has 5 atom stereocenters. The van der Waals surface area contributed by atoms with Crippen LogP contribution in [-0.4, -0.2) is 24.8 Å². The van der Waals surface area contributed by atoms with Gasteiger partial charge in [-0.3, -0.25) is 0 Å². The Bertz CT molecular complexity index is 225. The Balaban J connectivity index is 1.52. The number of hydrogen-bond acceptors (Lipinski definition) is 2. The Morgan fingerprint density at radius 2 is 2.13 bits per heavy atom. The summed E-state index contributed by atoms with van der Waals surface area (Å²) in [5.74, 6) is 2.03. The van der Waals surface area contributed by atoms with Crippen molar-refractivity contribution in [3.63, 3.8) is 0 Å². The van der Waals surface area contributed by atoms with Gasteiger partial charge in [0.1, 0.15) is 0 Å². The molecule has 0 amide bonds. The van der Waals surface area contributed by atoms with Crippen LogP contribution in [0.2, 0.25) is 0 Å². The molecule has 2 nitrogen and oxygen atoms in total. The summed E-state index contributed by atoms with van der Waals surface area (Å²) < 4.78 is 5.74. The van der Waals surface area contributed by atoms with E-state index in [4.69, 9.17) is 4.74 Å². The van der Waals surface area contributed by atoms with Gasteiger partial charge in [-0.15, -0.1) is 0 Å². The molecule has 1 saturated heterocycles. The van der Waals surface area contributed by atoms with Crippen LogP contribution in [0.15, 0.2) is 0 Å². The third kappa shape index (κ3) is 1.94. The van der Waals surface area contributed by atoms with Crippen molar-refractivity contribution < 1.29 is 4.74 Å². The quantitative estimate of drug-likeness (QED) is 0.770. The molecule has 3 rings (SSSR count). The van der Waals surface area contributed by atoms with E-state index in [0.29, 0.717) is 12.1 Å². The van der Waals surface area contributed by atoms with Crippen LogP contribution in [-0.2, 0) is 4.74 Å². The topological polar surface area (TPSA) is 21.3 Å². The molecule has 1 heterocycles. The minimum absolute atomic E-state index is 0.490. The van der Waals surface area contributed by atoms with Crippen LogP contribution < -0.4 is 5.32 Å². The highest BCUT2D eigenvalue weighted by atomic mass is 16.5. The molecule has 0 radical (unpaired) electrons. The van der Waals surface area contributed by atoms with Crippen LogP contribution in [0.3, 0.4) is 0 Å². The number of nitrogens with one attached hydrogen (secondary N) is 1. The standard InChI is InChI=1S/C13H23NO/c1-9(13-3-2-6-15-13)14-12-8-10-4-5-11(12)7-10/h9-14H,2-8H2,1H3. The molecule has 0 aromatic rings. The molecule has 1 N–H and O–H groups in total. The van der Waals surface area contributed by atoms with Gasteiger partial charge in [-0.2, -0.15) is 0 Å². The van der Waals surface area contributed by atoms with Crippen LogP contribution >= 0.6 is 0 Å². The van der Waals surface area contributed by atoms with Gasteiger partial charge < -0.3 is 10.1 Å². The fourth-order valence-corrected chi connectivity index (χ4v) is 3.89.